The molecule has 0 saturated heterocycles. The minimum absolute atomic E-state index is 0.392. The fourth-order valence-electron chi connectivity index (χ4n) is 0.986. The number of esters is 2. The van der Waals surface area contributed by atoms with Gasteiger partial charge in [0, 0.05) is 0 Å². The third kappa shape index (κ3) is 3.34. The van der Waals surface area contributed by atoms with Crippen LogP contribution in [-0.2, 0) is 9.47 Å². The van der Waals surface area contributed by atoms with E-state index in [9.17, 15) is 9.59 Å². The Morgan fingerprint density at radius 1 is 1.12 bits per heavy atom. The molecule has 0 fully saturated rings. The minimum atomic E-state index is -0.535. The molecule has 88 valence electrons. The molecule has 0 unspecified atom stereocenters. The molecule has 4 nitrogen and oxygen atoms in total. The molecule has 0 saturated carbocycles. The van der Waals surface area contributed by atoms with Gasteiger partial charge in [0.25, 0.3) is 0 Å². The summed E-state index contributed by atoms with van der Waals surface area (Å²) in [6.45, 7) is 5.37. The Bertz CT molecular complexity index is 400. The quantitative estimate of drug-likeness (QED) is 0.748. The van der Waals surface area contributed by atoms with E-state index in [1.807, 2.05) is 0 Å². The first-order valence-electron chi connectivity index (χ1n) is 4.75. The van der Waals surface area contributed by atoms with Crippen molar-refractivity contribution in [3.8, 4) is 0 Å². The van der Waals surface area contributed by atoms with Crippen molar-refractivity contribution in [2.45, 2.75) is 26.4 Å². The van der Waals surface area contributed by atoms with Gasteiger partial charge < -0.3 is 9.47 Å². The van der Waals surface area contributed by atoms with Gasteiger partial charge in [0.2, 0.25) is 0 Å². The lowest BCUT2D eigenvalue weighted by Crippen LogP contribution is -2.23. The molecule has 0 radical (unpaired) electrons. The summed E-state index contributed by atoms with van der Waals surface area (Å²) in [5, 5.41) is 0. The van der Waals surface area contributed by atoms with Crippen LogP contribution in [0.5, 0.6) is 0 Å². The van der Waals surface area contributed by atoms with Crippen LogP contribution in [0.3, 0.4) is 0 Å². The molecular weight excluding hydrogens is 228 g/mol. The van der Waals surface area contributed by atoms with Crippen LogP contribution < -0.4 is 0 Å². The van der Waals surface area contributed by atoms with Crippen LogP contribution in [0, 0.1) is 0 Å². The van der Waals surface area contributed by atoms with Crippen LogP contribution in [0.4, 0.5) is 0 Å². The number of methoxy groups -OCH3 is 1. The summed E-state index contributed by atoms with van der Waals surface area (Å²) in [4.78, 5) is 23.6. The summed E-state index contributed by atoms with van der Waals surface area (Å²) < 4.78 is 9.72. The zero-order valence-corrected chi connectivity index (χ0v) is 10.5. The average molecular weight is 242 g/mol. The smallest absolute Gasteiger partial charge is 0.348 e. The van der Waals surface area contributed by atoms with Crippen molar-refractivity contribution in [2.24, 2.45) is 0 Å². The number of thiophene rings is 1. The van der Waals surface area contributed by atoms with Crippen LogP contribution in [0.1, 0.15) is 40.1 Å². The SMILES string of the molecule is COC(=O)c1ccc(C(=O)OC(C)(C)C)s1. The number of hydrogen-bond donors (Lipinski definition) is 0. The lowest BCUT2D eigenvalue weighted by Gasteiger charge is -2.18. The number of rotatable bonds is 2. The van der Waals surface area contributed by atoms with Gasteiger partial charge in [-0.15, -0.1) is 11.3 Å². The Morgan fingerprint density at radius 3 is 2.06 bits per heavy atom. The molecule has 0 aliphatic heterocycles. The highest BCUT2D eigenvalue weighted by Gasteiger charge is 2.20. The summed E-state index contributed by atoms with van der Waals surface area (Å²) in [5.74, 6) is -0.868. The van der Waals surface area contributed by atoms with Gasteiger partial charge in [-0.2, -0.15) is 0 Å². The zero-order valence-electron chi connectivity index (χ0n) is 9.70. The number of carbonyl (C=O) groups is 2. The van der Waals surface area contributed by atoms with Crippen LogP contribution in [0.2, 0.25) is 0 Å². The average Bonchev–Trinajstić information content (AvgIpc) is 2.62. The molecule has 1 aromatic rings. The van der Waals surface area contributed by atoms with Crippen molar-refractivity contribution in [3.05, 3.63) is 21.9 Å². The first kappa shape index (κ1) is 12.7. The Kier molecular flexibility index (Phi) is 3.70. The largest absolute Gasteiger partial charge is 0.465 e. The van der Waals surface area contributed by atoms with Crippen molar-refractivity contribution in [1.82, 2.24) is 0 Å². The van der Waals surface area contributed by atoms with Gasteiger partial charge in [0.15, 0.2) is 0 Å². The molecule has 0 spiro atoms. The first-order valence-corrected chi connectivity index (χ1v) is 5.56. The summed E-state index contributed by atoms with van der Waals surface area (Å²) in [6.07, 6.45) is 0. The Balaban J connectivity index is 2.78. The van der Waals surface area contributed by atoms with Crippen molar-refractivity contribution in [3.63, 3.8) is 0 Å². The van der Waals surface area contributed by atoms with E-state index in [-0.39, 0.29) is 0 Å². The van der Waals surface area contributed by atoms with E-state index in [1.54, 1.807) is 32.9 Å². The standard InChI is InChI=1S/C11H14O4S/c1-11(2,3)15-10(13)8-6-5-7(16-8)9(12)14-4/h5-6H,1-4H3. The maximum absolute atomic E-state index is 11.6. The number of hydrogen-bond acceptors (Lipinski definition) is 5. The van der Waals surface area contributed by atoms with Gasteiger partial charge >= 0.3 is 11.9 Å². The normalized spacial score (nSPS) is 11.0. The second-order valence-corrected chi connectivity index (χ2v) is 5.24. The predicted octanol–water partition coefficient (Wildman–Crippen LogP) is 2.49. The maximum atomic E-state index is 11.6. The highest BCUT2D eigenvalue weighted by molar-refractivity contribution is 7.15. The van der Waals surface area contributed by atoms with Crippen molar-refractivity contribution >= 4 is 23.3 Å². The Labute approximate surface area is 98.2 Å². The van der Waals surface area contributed by atoms with E-state index in [0.29, 0.717) is 9.75 Å². The summed E-state index contributed by atoms with van der Waals surface area (Å²) in [6, 6.07) is 3.11. The molecule has 0 atom stereocenters. The summed E-state index contributed by atoms with van der Waals surface area (Å²) in [7, 11) is 1.30. The van der Waals surface area contributed by atoms with Crippen LogP contribution in [-0.4, -0.2) is 24.6 Å². The molecule has 1 rings (SSSR count). The van der Waals surface area contributed by atoms with Crippen LogP contribution in [0.15, 0.2) is 12.1 Å². The number of carbonyl (C=O) groups excluding carboxylic acids is 2. The second-order valence-electron chi connectivity index (χ2n) is 4.16. The molecule has 0 amide bonds. The fraction of sp³-hybridized carbons (Fsp3) is 0.455. The Hall–Kier alpha value is -1.36. The molecule has 5 heteroatoms. The van der Waals surface area contributed by atoms with Gasteiger partial charge in [-0.3, -0.25) is 0 Å². The molecule has 1 heterocycles. The maximum Gasteiger partial charge on any atom is 0.348 e. The molecule has 16 heavy (non-hydrogen) atoms. The van der Waals surface area contributed by atoms with Gasteiger partial charge in [-0.1, -0.05) is 0 Å². The molecule has 0 aliphatic carbocycles. The predicted molar refractivity (Wildman–Crippen MR) is 60.8 cm³/mol. The summed E-state index contributed by atoms with van der Waals surface area (Å²) in [5.41, 5.74) is -0.535. The highest BCUT2D eigenvalue weighted by Crippen LogP contribution is 2.20. The van der Waals surface area contributed by atoms with Gasteiger partial charge in [0.1, 0.15) is 15.4 Å². The zero-order chi connectivity index (χ0) is 12.3. The highest BCUT2D eigenvalue weighted by atomic mass is 32.1. The van der Waals surface area contributed by atoms with Crippen molar-refractivity contribution in [2.75, 3.05) is 7.11 Å². The van der Waals surface area contributed by atoms with Gasteiger partial charge in [-0.05, 0) is 32.9 Å². The topological polar surface area (TPSA) is 52.6 Å². The van der Waals surface area contributed by atoms with Gasteiger partial charge in [0.05, 0.1) is 7.11 Å². The third-order valence-electron chi connectivity index (χ3n) is 1.59. The fourth-order valence-corrected chi connectivity index (χ4v) is 1.79. The van der Waals surface area contributed by atoms with E-state index < -0.39 is 17.5 Å². The molecule has 0 N–H and O–H groups in total. The number of ether oxygens (including phenoxy) is 2. The van der Waals surface area contributed by atoms with E-state index in [1.165, 1.54) is 7.11 Å². The van der Waals surface area contributed by atoms with E-state index >= 15 is 0 Å². The molecule has 0 aromatic carbocycles. The molecule has 0 bridgehead atoms. The van der Waals surface area contributed by atoms with Gasteiger partial charge in [-0.25, -0.2) is 9.59 Å². The monoisotopic (exact) mass is 242 g/mol. The molecule has 1 aromatic heterocycles. The van der Waals surface area contributed by atoms with Crippen LogP contribution in [0.25, 0.3) is 0 Å². The second kappa shape index (κ2) is 4.65. The lowest BCUT2D eigenvalue weighted by atomic mass is 10.2. The van der Waals surface area contributed by atoms with E-state index in [2.05, 4.69) is 4.74 Å². The third-order valence-corrected chi connectivity index (χ3v) is 2.64. The van der Waals surface area contributed by atoms with Crippen molar-refractivity contribution in [1.29, 1.82) is 0 Å². The lowest BCUT2D eigenvalue weighted by molar-refractivity contribution is 0.00751. The minimum Gasteiger partial charge on any atom is -0.465 e. The van der Waals surface area contributed by atoms with E-state index in [0.717, 1.165) is 11.3 Å². The van der Waals surface area contributed by atoms with Crippen molar-refractivity contribution < 1.29 is 19.1 Å². The Morgan fingerprint density at radius 2 is 1.62 bits per heavy atom. The van der Waals surface area contributed by atoms with Crippen LogP contribution >= 0.6 is 11.3 Å². The van der Waals surface area contributed by atoms with E-state index in [4.69, 9.17) is 4.74 Å². The molecule has 0 aliphatic rings. The summed E-state index contributed by atoms with van der Waals surface area (Å²) >= 11 is 1.07. The molecular formula is C11H14O4S. The first-order chi connectivity index (χ1) is 7.33.